The zero-order valence-electron chi connectivity index (χ0n) is 16.2. The maximum Gasteiger partial charge on any atom is 0.279 e. The number of nitrogens with zero attached hydrogens (tertiary/aromatic N) is 3. The van der Waals surface area contributed by atoms with E-state index >= 15 is 0 Å². The number of anilines is 2. The van der Waals surface area contributed by atoms with E-state index in [9.17, 15) is 14.7 Å². The lowest BCUT2D eigenvalue weighted by atomic mass is 10.1. The standard InChI is InChI=1S/C23H17BrN4O3/c24-16-10-11-20(29)15(12-16)13-25-27-22-18-8-4-5-9-19(18)28(23(22)31)14-21(30)26-17-6-2-1-3-7-17/h1-13,29H,14H2,(H,26,30)/b25-13+,27-22?. The molecule has 31 heavy (non-hydrogen) atoms. The first-order valence-electron chi connectivity index (χ1n) is 9.38. The molecule has 2 N–H and O–H groups in total. The first-order valence-corrected chi connectivity index (χ1v) is 10.2. The van der Waals surface area contributed by atoms with Gasteiger partial charge in [0.1, 0.15) is 12.3 Å². The molecule has 4 rings (SSSR count). The van der Waals surface area contributed by atoms with Gasteiger partial charge in [-0.25, -0.2) is 0 Å². The van der Waals surface area contributed by atoms with E-state index in [4.69, 9.17) is 0 Å². The smallest absolute Gasteiger partial charge is 0.279 e. The second kappa shape index (κ2) is 8.93. The summed E-state index contributed by atoms with van der Waals surface area (Å²) >= 11 is 3.33. The van der Waals surface area contributed by atoms with Gasteiger partial charge < -0.3 is 10.4 Å². The van der Waals surface area contributed by atoms with Gasteiger partial charge >= 0.3 is 0 Å². The molecule has 3 aromatic carbocycles. The Kier molecular flexibility index (Phi) is 5.90. The maximum atomic E-state index is 13.0. The third kappa shape index (κ3) is 4.54. The molecule has 1 heterocycles. The Morgan fingerprint density at radius 1 is 1.06 bits per heavy atom. The van der Waals surface area contributed by atoms with Gasteiger partial charge in [0.2, 0.25) is 5.91 Å². The van der Waals surface area contributed by atoms with Crippen molar-refractivity contribution >= 4 is 51.0 Å². The summed E-state index contributed by atoms with van der Waals surface area (Å²) in [6, 6.07) is 21.1. The maximum absolute atomic E-state index is 13.0. The highest BCUT2D eigenvalue weighted by atomic mass is 79.9. The Balaban J connectivity index is 1.57. The molecular weight excluding hydrogens is 460 g/mol. The number of hydrogen-bond donors (Lipinski definition) is 2. The molecule has 8 heteroatoms. The molecule has 3 aromatic rings. The lowest BCUT2D eigenvalue weighted by molar-refractivity contribution is -0.118. The molecule has 0 fully saturated rings. The van der Waals surface area contributed by atoms with Gasteiger partial charge in [-0.15, -0.1) is 5.10 Å². The number of amides is 2. The van der Waals surface area contributed by atoms with Gasteiger partial charge in [0, 0.05) is 21.3 Å². The van der Waals surface area contributed by atoms with Crippen molar-refractivity contribution in [2.75, 3.05) is 16.8 Å². The van der Waals surface area contributed by atoms with Crippen LogP contribution < -0.4 is 10.2 Å². The van der Waals surface area contributed by atoms with E-state index in [1.807, 2.05) is 18.2 Å². The van der Waals surface area contributed by atoms with Gasteiger partial charge in [-0.3, -0.25) is 14.5 Å². The average Bonchev–Trinajstić information content (AvgIpc) is 3.03. The second-order valence-electron chi connectivity index (χ2n) is 6.72. The van der Waals surface area contributed by atoms with Crippen LogP contribution in [0.1, 0.15) is 11.1 Å². The van der Waals surface area contributed by atoms with Crippen molar-refractivity contribution in [3.8, 4) is 5.75 Å². The average molecular weight is 477 g/mol. The molecule has 0 radical (unpaired) electrons. The fourth-order valence-corrected chi connectivity index (χ4v) is 3.54. The van der Waals surface area contributed by atoms with Crippen LogP contribution in [0.5, 0.6) is 5.75 Å². The molecule has 0 spiro atoms. The molecule has 154 valence electrons. The quantitative estimate of drug-likeness (QED) is 0.430. The largest absolute Gasteiger partial charge is 0.507 e. The Hall–Kier alpha value is -3.78. The molecule has 1 aliphatic heterocycles. The molecular formula is C23H17BrN4O3. The Morgan fingerprint density at radius 3 is 2.61 bits per heavy atom. The number of rotatable bonds is 5. The summed E-state index contributed by atoms with van der Waals surface area (Å²) in [4.78, 5) is 26.9. The fraction of sp³-hybridized carbons (Fsp3) is 0.0435. The van der Waals surface area contributed by atoms with Gasteiger partial charge in [0.25, 0.3) is 5.91 Å². The topological polar surface area (TPSA) is 94.4 Å². The van der Waals surface area contributed by atoms with Crippen molar-refractivity contribution in [2.45, 2.75) is 0 Å². The lowest BCUT2D eigenvalue weighted by Crippen LogP contribution is -2.37. The normalized spacial score (nSPS) is 14.3. The predicted octanol–water partition coefficient (Wildman–Crippen LogP) is 3.96. The van der Waals surface area contributed by atoms with Gasteiger partial charge in [-0.2, -0.15) is 5.10 Å². The van der Waals surface area contributed by atoms with Crippen LogP contribution in [0.25, 0.3) is 0 Å². The number of phenolic OH excluding ortho intramolecular Hbond substituents is 1. The summed E-state index contributed by atoms with van der Waals surface area (Å²) in [6.07, 6.45) is 1.37. The van der Waals surface area contributed by atoms with Crippen LogP contribution >= 0.6 is 15.9 Å². The number of nitrogens with one attached hydrogen (secondary N) is 1. The summed E-state index contributed by atoms with van der Waals surface area (Å²) in [5.74, 6) is -0.692. The van der Waals surface area contributed by atoms with Crippen LogP contribution in [0.2, 0.25) is 0 Å². The van der Waals surface area contributed by atoms with Crippen molar-refractivity contribution in [2.24, 2.45) is 10.2 Å². The third-order valence-electron chi connectivity index (χ3n) is 4.60. The van der Waals surface area contributed by atoms with E-state index in [0.29, 0.717) is 22.5 Å². The van der Waals surface area contributed by atoms with Crippen molar-refractivity contribution in [1.82, 2.24) is 0 Å². The van der Waals surface area contributed by atoms with Crippen molar-refractivity contribution in [1.29, 1.82) is 0 Å². The van der Waals surface area contributed by atoms with Crippen molar-refractivity contribution in [3.05, 3.63) is 88.4 Å². The summed E-state index contributed by atoms with van der Waals surface area (Å²) in [5.41, 5.74) is 2.43. The number of phenols is 1. The Bertz CT molecular complexity index is 1210. The molecule has 0 aromatic heterocycles. The molecule has 0 saturated carbocycles. The third-order valence-corrected chi connectivity index (χ3v) is 5.09. The summed E-state index contributed by atoms with van der Waals surface area (Å²) in [7, 11) is 0. The number of aromatic hydroxyl groups is 1. The van der Waals surface area contributed by atoms with E-state index in [0.717, 1.165) is 4.47 Å². The highest BCUT2D eigenvalue weighted by molar-refractivity contribution is 9.10. The van der Waals surface area contributed by atoms with Crippen LogP contribution in [0.15, 0.2) is 87.5 Å². The highest BCUT2D eigenvalue weighted by Gasteiger charge is 2.35. The van der Waals surface area contributed by atoms with Crippen molar-refractivity contribution < 1.29 is 14.7 Å². The molecule has 7 nitrogen and oxygen atoms in total. The van der Waals surface area contributed by atoms with E-state index in [1.165, 1.54) is 17.2 Å². The molecule has 0 atom stereocenters. The summed E-state index contributed by atoms with van der Waals surface area (Å²) in [5, 5.41) is 20.8. The minimum Gasteiger partial charge on any atom is -0.507 e. The Labute approximate surface area is 186 Å². The van der Waals surface area contributed by atoms with E-state index in [-0.39, 0.29) is 23.9 Å². The first-order chi connectivity index (χ1) is 15.0. The minimum absolute atomic E-state index is 0.0458. The fourth-order valence-electron chi connectivity index (χ4n) is 3.16. The van der Waals surface area contributed by atoms with Gasteiger partial charge in [0.05, 0.1) is 11.9 Å². The zero-order valence-corrected chi connectivity index (χ0v) is 17.8. The number of halogens is 1. The summed E-state index contributed by atoms with van der Waals surface area (Å²) < 4.78 is 0.775. The predicted molar refractivity (Wildman–Crippen MR) is 124 cm³/mol. The number of hydrogen-bond acceptors (Lipinski definition) is 5. The SMILES string of the molecule is O=C(CN1C(=O)C(=N/N=C/c2cc(Br)ccc2O)c2ccccc21)Nc1ccccc1. The van der Waals surface area contributed by atoms with Crippen LogP contribution in [-0.4, -0.2) is 35.4 Å². The van der Waals surface area contributed by atoms with Crippen LogP contribution in [-0.2, 0) is 9.59 Å². The first kappa shape index (κ1) is 20.5. The van der Waals surface area contributed by atoms with E-state index in [1.54, 1.807) is 48.5 Å². The van der Waals surface area contributed by atoms with Crippen molar-refractivity contribution in [3.63, 3.8) is 0 Å². The minimum atomic E-state index is -0.417. The van der Waals surface area contributed by atoms with E-state index in [2.05, 4.69) is 31.4 Å². The summed E-state index contributed by atoms with van der Waals surface area (Å²) in [6.45, 7) is -0.153. The molecule has 2 amide bonds. The van der Waals surface area contributed by atoms with Gasteiger partial charge in [-0.1, -0.05) is 52.3 Å². The van der Waals surface area contributed by atoms with Crippen LogP contribution in [0.4, 0.5) is 11.4 Å². The number of carbonyl (C=O) groups excluding carboxylic acids is 2. The lowest BCUT2D eigenvalue weighted by Gasteiger charge is -2.16. The highest BCUT2D eigenvalue weighted by Crippen LogP contribution is 2.29. The van der Waals surface area contributed by atoms with E-state index < -0.39 is 5.91 Å². The number of fused-ring (bicyclic) bond motifs is 1. The van der Waals surface area contributed by atoms with Gasteiger partial charge in [0.15, 0.2) is 5.71 Å². The molecule has 0 aliphatic carbocycles. The monoisotopic (exact) mass is 476 g/mol. The number of benzene rings is 3. The molecule has 1 aliphatic rings. The van der Waals surface area contributed by atoms with Crippen LogP contribution in [0.3, 0.4) is 0 Å². The van der Waals surface area contributed by atoms with Crippen LogP contribution in [0, 0.1) is 0 Å². The van der Waals surface area contributed by atoms with Gasteiger partial charge in [-0.05, 0) is 36.4 Å². The Morgan fingerprint density at radius 2 is 1.81 bits per heavy atom. The molecule has 0 unspecified atom stereocenters. The number of carbonyl (C=O) groups is 2. The molecule has 0 saturated heterocycles. The second-order valence-corrected chi connectivity index (χ2v) is 7.63. The molecule has 0 bridgehead atoms. The zero-order chi connectivity index (χ0) is 21.8. The number of para-hydroxylation sites is 2.